The number of hydrogen-bond donors (Lipinski definition) is 0. The van der Waals surface area contributed by atoms with Gasteiger partial charge in [0, 0.05) is 24.6 Å². The number of nitrogens with zero attached hydrogens (tertiary/aromatic N) is 1. The van der Waals surface area contributed by atoms with Crippen molar-refractivity contribution in [1.82, 2.24) is 4.31 Å². The van der Waals surface area contributed by atoms with Gasteiger partial charge in [0.25, 0.3) is 0 Å². The third-order valence-electron chi connectivity index (χ3n) is 3.74. The van der Waals surface area contributed by atoms with Gasteiger partial charge >= 0.3 is 0 Å². The molecule has 0 N–H and O–H groups in total. The summed E-state index contributed by atoms with van der Waals surface area (Å²) in [5.41, 5.74) is 0.441. The molecule has 2 rings (SSSR count). The van der Waals surface area contributed by atoms with Gasteiger partial charge in [-0.05, 0) is 43.5 Å². The monoisotopic (exact) mass is 313 g/mol. The molecule has 1 saturated heterocycles. The zero-order valence-electron chi connectivity index (χ0n) is 12.1. The largest absolute Gasteiger partial charge is 0.294 e. The lowest BCUT2D eigenvalue weighted by Crippen LogP contribution is -2.43. The summed E-state index contributed by atoms with van der Waals surface area (Å²) in [7, 11) is -3.27. The Morgan fingerprint density at radius 2 is 2.00 bits per heavy atom. The van der Waals surface area contributed by atoms with Crippen LogP contribution in [0, 0.1) is 11.7 Å². The van der Waals surface area contributed by atoms with Gasteiger partial charge in [-0.25, -0.2) is 17.1 Å². The zero-order chi connectivity index (χ0) is 15.5. The fourth-order valence-corrected chi connectivity index (χ4v) is 4.23. The van der Waals surface area contributed by atoms with Crippen LogP contribution in [0.25, 0.3) is 0 Å². The Hall–Kier alpha value is -1.27. The Balaban J connectivity index is 2.10. The molecular formula is C15H20FNO3S. The van der Waals surface area contributed by atoms with E-state index in [0.29, 0.717) is 31.4 Å². The summed E-state index contributed by atoms with van der Waals surface area (Å²) in [6.07, 6.45) is 1.92. The molecule has 0 aliphatic carbocycles. The Morgan fingerprint density at radius 3 is 2.62 bits per heavy atom. The predicted octanol–water partition coefficient (Wildman–Crippen LogP) is 2.46. The molecule has 1 atom stereocenters. The molecule has 1 aliphatic rings. The van der Waals surface area contributed by atoms with Gasteiger partial charge in [0.15, 0.2) is 5.78 Å². The second-order valence-corrected chi connectivity index (χ2v) is 7.47. The van der Waals surface area contributed by atoms with E-state index in [9.17, 15) is 17.6 Å². The van der Waals surface area contributed by atoms with Crippen LogP contribution in [-0.4, -0.2) is 37.3 Å². The number of sulfonamides is 1. The van der Waals surface area contributed by atoms with Crippen LogP contribution in [0.3, 0.4) is 0 Å². The average Bonchev–Trinajstić information content (AvgIpc) is 2.47. The first-order valence-corrected chi connectivity index (χ1v) is 8.82. The van der Waals surface area contributed by atoms with Crippen LogP contribution in [0.4, 0.5) is 4.39 Å². The fourth-order valence-electron chi connectivity index (χ4n) is 2.65. The van der Waals surface area contributed by atoms with E-state index in [1.165, 1.54) is 28.6 Å². The molecule has 0 spiro atoms. The van der Waals surface area contributed by atoms with Gasteiger partial charge in [0.05, 0.1) is 5.75 Å². The van der Waals surface area contributed by atoms with Crippen molar-refractivity contribution in [3.63, 3.8) is 0 Å². The molecule has 1 aromatic carbocycles. The van der Waals surface area contributed by atoms with Crippen LogP contribution in [-0.2, 0) is 10.0 Å². The van der Waals surface area contributed by atoms with Gasteiger partial charge < -0.3 is 0 Å². The van der Waals surface area contributed by atoms with E-state index in [1.807, 2.05) is 6.92 Å². The molecular weight excluding hydrogens is 293 g/mol. The normalized spacial score (nSPS) is 20.4. The number of benzene rings is 1. The fraction of sp³-hybridized carbons (Fsp3) is 0.533. The molecule has 6 heteroatoms. The van der Waals surface area contributed by atoms with Crippen LogP contribution in [0.1, 0.15) is 36.5 Å². The van der Waals surface area contributed by atoms with Crippen LogP contribution < -0.4 is 0 Å². The maximum Gasteiger partial charge on any atom is 0.214 e. The maximum absolute atomic E-state index is 12.9. The number of carbonyl (C=O) groups is 1. The van der Waals surface area contributed by atoms with Gasteiger partial charge in [0.1, 0.15) is 5.82 Å². The molecule has 0 aromatic heterocycles. The summed E-state index contributed by atoms with van der Waals surface area (Å²) in [6, 6.07) is 5.41. The number of hydrogen-bond acceptors (Lipinski definition) is 3. The topological polar surface area (TPSA) is 54.5 Å². The number of ketones is 1. The number of carbonyl (C=O) groups excluding carboxylic acids is 1. The second-order valence-electron chi connectivity index (χ2n) is 5.38. The first-order chi connectivity index (χ1) is 9.94. The van der Waals surface area contributed by atoms with Crippen molar-refractivity contribution in [2.45, 2.75) is 26.2 Å². The quantitative estimate of drug-likeness (QED) is 0.785. The van der Waals surface area contributed by atoms with Crippen LogP contribution >= 0.6 is 0 Å². The zero-order valence-corrected chi connectivity index (χ0v) is 12.9. The number of rotatable bonds is 5. The Morgan fingerprint density at radius 1 is 1.33 bits per heavy atom. The lowest BCUT2D eigenvalue weighted by atomic mass is 9.91. The van der Waals surface area contributed by atoms with E-state index in [2.05, 4.69) is 0 Å². The lowest BCUT2D eigenvalue weighted by molar-refractivity contribution is 0.0872. The van der Waals surface area contributed by atoms with Crippen LogP contribution in [0.15, 0.2) is 24.3 Å². The van der Waals surface area contributed by atoms with Gasteiger partial charge in [-0.3, -0.25) is 4.79 Å². The highest BCUT2D eigenvalue weighted by atomic mass is 32.2. The van der Waals surface area contributed by atoms with Gasteiger partial charge in [-0.2, -0.15) is 0 Å². The smallest absolute Gasteiger partial charge is 0.214 e. The molecule has 116 valence electrons. The molecule has 1 aromatic rings. The van der Waals surface area contributed by atoms with Crippen LogP contribution in [0.2, 0.25) is 0 Å². The van der Waals surface area contributed by atoms with Crippen molar-refractivity contribution in [3.05, 3.63) is 35.6 Å². The number of Topliss-reactive ketones (excluding diaryl/α,β-unsaturated/α-hetero) is 1. The minimum absolute atomic E-state index is 0.105. The van der Waals surface area contributed by atoms with Gasteiger partial charge in [-0.15, -0.1) is 0 Å². The van der Waals surface area contributed by atoms with E-state index < -0.39 is 10.0 Å². The minimum Gasteiger partial charge on any atom is -0.294 e. The highest BCUT2D eigenvalue weighted by Crippen LogP contribution is 2.23. The molecule has 4 nitrogen and oxygen atoms in total. The summed E-state index contributed by atoms with van der Waals surface area (Å²) in [5, 5.41) is 0. The number of piperidine rings is 1. The van der Waals surface area contributed by atoms with Crippen molar-refractivity contribution in [2.75, 3.05) is 18.8 Å². The van der Waals surface area contributed by atoms with E-state index in [0.717, 1.165) is 0 Å². The van der Waals surface area contributed by atoms with Gasteiger partial charge in [0.2, 0.25) is 10.0 Å². The van der Waals surface area contributed by atoms with E-state index in [-0.39, 0.29) is 29.8 Å². The van der Waals surface area contributed by atoms with Crippen LogP contribution in [0.5, 0.6) is 0 Å². The molecule has 0 saturated carbocycles. The molecule has 1 unspecified atom stereocenters. The third kappa shape index (κ3) is 3.89. The SMILES string of the molecule is CCCS(=O)(=O)N1CCCC(C(=O)c2ccc(F)cc2)C1. The van der Waals surface area contributed by atoms with E-state index in [1.54, 1.807) is 0 Å². The minimum atomic E-state index is -3.27. The molecule has 1 heterocycles. The molecule has 1 aliphatic heterocycles. The van der Waals surface area contributed by atoms with E-state index >= 15 is 0 Å². The van der Waals surface area contributed by atoms with Crippen molar-refractivity contribution >= 4 is 15.8 Å². The molecule has 1 fully saturated rings. The first kappa shape index (κ1) is 16.1. The highest BCUT2D eigenvalue weighted by molar-refractivity contribution is 7.89. The van der Waals surface area contributed by atoms with Crippen molar-refractivity contribution in [3.8, 4) is 0 Å². The summed E-state index contributed by atoms with van der Waals surface area (Å²) in [6.45, 7) is 2.54. The first-order valence-electron chi connectivity index (χ1n) is 7.21. The van der Waals surface area contributed by atoms with Crippen molar-refractivity contribution in [1.29, 1.82) is 0 Å². The molecule has 0 amide bonds. The highest BCUT2D eigenvalue weighted by Gasteiger charge is 2.32. The average molecular weight is 313 g/mol. The molecule has 0 radical (unpaired) electrons. The predicted molar refractivity (Wildman–Crippen MR) is 79.1 cm³/mol. The Bertz CT molecular complexity index is 598. The molecule has 21 heavy (non-hydrogen) atoms. The Kier molecular flexibility index (Phi) is 5.11. The number of halogens is 1. The maximum atomic E-state index is 12.9. The van der Waals surface area contributed by atoms with Crippen molar-refractivity contribution in [2.24, 2.45) is 5.92 Å². The molecule has 0 bridgehead atoms. The lowest BCUT2D eigenvalue weighted by Gasteiger charge is -2.31. The summed E-state index contributed by atoms with van der Waals surface area (Å²) in [4.78, 5) is 12.4. The standard InChI is InChI=1S/C15H20FNO3S/c1-2-10-21(19,20)17-9-3-4-13(11-17)15(18)12-5-7-14(16)8-6-12/h5-8,13H,2-4,9-11H2,1H3. The summed E-state index contributed by atoms with van der Waals surface area (Å²) in [5.74, 6) is -0.714. The third-order valence-corrected chi connectivity index (χ3v) is 5.78. The summed E-state index contributed by atoms with van der Waals surface area (Å²) < 4.78 is 38.5. The van der Waals surface area contributed by atoms with Gasteiger partial charge in [-0.1, -0.05) is 6.92 Å². The Labute approximate surface area is 125 Å². The van der Waals surface area contributed by atoms with Crippen molar-refractivity contribution < 1.29 is 17.6 Å². The summed E-state index contributed by atoms with van der Waals surface area (Å²) >= 11 is 0. The second kappa shape index (κ2) is 6.66. The van der Waals surface area contributed by atoms with E-state index in [4.69, 9.17) is 0 Å².